The van der Waals surface area contributed by atoms with Crippen LogP contribution in [0, 0.1) is 11.3 Å². The van der Waals surface area contributed by atoms with Crippen molar-refractivity contribution in [1.29, 1.82) is 0 Å². The molecule has 1 fully saturated rings. The summed E-state index contributed by atoms with van der Waals surface area (Å²) in [6, 6.07) is -0.155. The monoisotopic (exact) mass is 290 g/mol. The van der Waals surface area contributed by atoms with Crippen LogP contribution in [0.15, 0.2) is 29.9 Å². The molecule has 20 heavy (non-hydrogen) atoms. The van der Waals surface area contributed by atoms with Crippen LogP contribution in [0.3, 0.4) is 0 Å². The van der Waals surface area contributed by atoms with Crippen molar-refractivity contribution in [3.63, 3.8) is 0 Å². The number of Topliss-reactive ketones (excluding diaryl/α,β-unsaturated/α-hetero) is 1. The predicted molar refractivity (Wildman–Crippen MR) is 87.5 cm³/mol. The van der Waals surface area contributed by atoms with Crippen molar-refractivity contribution in [3.05, 3.63) is 24.8 Å². The summed E-state index contributed by atoms with van der Waals surface area (Å²) >= 11 is 0. The fourth-order valence-electron chi connectivity index (χ4n) is 3.79. The molecule has 0 radical (unpaired) electrons. The first-order valence-electron chi connectivity index (χ1n) is 7.35. The van der Waals surface area contributed by atoms with Crippen LogP contribution in [-0.4, -0.2) is 25.2 Å². The molecule has 0 amide bonds. The van der Waals surface area contributed by atoms with Gasteiger partial charge in [-0.1, -0.05) is 37.9 Å². The van der Waals surface area contributed by atoms with Crippen LogP contribution < -0.4 is 5.43 Å². The van der Waals surface area contributed by atoms with Crippen LogP contribution in [0.2, 0.25) is 19.6 Å². The summed E-state index contributed by atoms with van der Waals surface area (Å²) in [6.07, 6.45) is 4.34. The lowest BCUT2D eigenvalue weighted by Crippen LogP contribution is -2.56. The van der Waals surface area contributed by atoms with Crippen LogP contribution in [0.25, 0.3) is 0 Å². The Labute approximate surface area is 123 Å². The summed E-state index contributed by atoms with van der Waals surface area (Å²) in [7, 11) is -1.58. The number of fused-ring (bicyclic) bond motifs is 1. The topological polar surface area (TPSA) is 41.5 Å². The maximum absolute atomic E-state index is 12.5. The minimum absolute atomic E-state index is 0.155. The van der Waals surface area contributed by atoms with Gasteiger partial charge in [-0.2, -0.15) is 5.10 Å². The average Bonchev–Trinajstić information content (AvgIpc) is 2.68. The van der Waals surface area contributed by atoms with E-state index in [-0.39, 0.29) is 23.2 Å². The zero-order chi connectivity index (χ0) is 15.1. The molecule has 0 saturated heterocycles. The van der Waals surface area contributed by atoms with Crippen LogP contribution >= 0.6 is 0 Å². The third-order valence-corrected chi connectivity index (χ3v) is 6.66. The number of allylic oxidation sites excluding steroid dienone is 2. The van der Waals surface area contributed by atoms with Crippen molar-refractivity contribution in [1.82, 2.24) is 5.43 Å². The lowest BCUT2D eigenvalue weighted by Gasteiger charge is -2.44. The van der Waals surface area contributed by atoms with Crippen LogP contribution in [0.1, 0.15) is 26.2 Å². The zero-order valence-corrected chi connectivity index (χ0v) is 14.1. The van der Waals surface area contributed by atoms with Crippen molar-refractivity contribution in [2.75, 3.05) is 0 Å². The smallest absolute Gasteiger partial charge is 0.158 e. The van der Waals surface area contributed by atoms with Gasteiger partial charge < -0.3 is 0 Å². The number of nitrogens with zero attached hydrogens (tertiary/aromatic N) is 1. The lowest BCUT2D eigenvalue weighted by atomic mass is 9.64. The Balaban J connectivity index is 2.48. The highest BCUT2D eigenvalue weighted by atomic mass is 28.3. The van der Waals surface area contributed by atoms with Gasteiger partial charge in [0.25, 0.3) is 0 Å². The van der Waals surface area contributed by atoms with Crippen molar-refractivity contribution >= 4 is 19.2 Å². The van der Waals surface area contributed by atoms with E-state index in [2.05, 4.69) is 43.3 Å². The minimum atomic E-state index is -1.58. The number of ketones is 1. The number of rotatable bonds is 4. The van der Waals surface area contributed by atoms with Gasteiger partial charge in [0.05, 0.1) is 8.07 Å². The van der Waals surface area contributed by atoms with E-state index in [1.54, 1.807) is 0 Å². The molecule has 3 nitrogen and oxygen atoms in total. The standard InChI is InChI=1S/C16H26N2OSi/c1-7-8-16-10-12(11(2)3)9-13(19)14(16)17-18-15(16)20(4,5)6/h7,12,14,17H,1-2,8-10H2,3-6H3/t12?,14-,16-/m0/s1. The molecule has 0 aromatic heterocycles. The van der Waals surface area contributed by atoms with Gasteiger partial charge in [-0.05, 0) is 25.7 Å². The summed E-state index contributed by atoms with van der Waals surface area (Å²) in [6.45, 7) is 16.9. The fourth-order valence-corrected chi connectivity index (χ4v) is 6.03. The number of hydrogen-bond donors (Lipinski definition) is 1. The number of nitrogens with one attached hydrogen (secondary N) is 1. The molecule has 0 aromatic carbocycles. The van der Waals surface area contributed by atoms with Crippen molar-refractivity contribution < 1.29 is 4.79 Å². The Morgan fingerprint density at radius 2 is 2.20 bits per heavy atom. The quantitative estimate of drug-likeness (QED) is 0.637. The van der Waals surface area contributed by atoms with Gasteiger partial charge in [0.2, 0.25) is 0 Å². The summed E-state index contributed by atoms with van der Waals surface area (Å²) < 4.78 is 0. The molecule has 0 spiro atoms. The van der Waals surface area contributed by atoms with E-state index >= 15 is 0 Å². The molecule has 1 heterocycles. The minimum Gasteiger partial charge on any atom is -0.299 e. The molecule has 1 N–H and O–H groups in total. The van der Waals surface area contributed by atoms with E-state index in [0.717, 1.165) is 18.4 Å². The van der Waals surface area contributed by atoms with E-state index < -0.39 is 8.07 Å². The van der Waals surface area contributed by atoms with Gasteiger partial charge in [0.15, 0.2) is 5.78 Å². The highest BCUT2D eigenvalue weighted by Gasteiger charge is 2.56. The Morgan fingerprint density at radius 1 is 1.55 bits per heavy atom. The number of hydrogen-bond acceptors (Lipinski definition) is 3. The molecule has 1 aliphatic heterocycles. The first kappa shape index (κ1) is 15.2. The lowest BCUT2D eigenvalue weighted by molar-refractivity contribution is -0.126. The molecular weight excluding hydrogens is 264 g/mol. The number of carbonyl (C=O) groups is 1. The molecule has 2 aliphatic rings. The van der Waals surface area contributed by atoms with Crippen molar-refractivity contribution in [3.8, 4) is 0 Å². The van der Waals surface area contributed by atoms with Gasteiger partial charge in [0.1, 0.15) is 6.04 Å². The number of carbonyl (C=O) groups excluding carboxylic acids is 1. The Hall–Kier alpha value is -1.16. The van der Waals surface area contributed by atoms with Gasteiger partial charge in [0, 0.05) is 17.2 Å². The van der Waals surface area contributed by atoms with Gasteiger partial charge in [-0.25, -0.2) is 0 Å². The third-order valence-electron chi connectivity index (χ3n) is 4.63. The molecule has 4 heteroatoms. The third kappa shape index (κ3) is 2.30. The first-order chi connectivity index (χ1) is 9.22. The van der Waals surface area contributed by atoms with E-state index in [1.165, 1.54) is 5.33 Å². The van der Waals surface area contributed by atoms with Crippen molar-refractivity contribution in [2.24, 2.45) is 16.4 Å². The second-order valence-corrected chi connectivity index (χ2v) is 12.3. The largest absolute Gasteiger partial charge is 0.299 e. The highest BCUT2D eigenvalue weighted by molar-refractivity contribution is 7.05. The van der Waals surface area contributed by atoms with Crippen molar-refractivity contribution in [2.45, 2.75) is 51.9 Å². The second kappa shape index (κ2) is 4.99. The van der Waals surface area contributed by atoms with E-state index in [1.807, 2.05) is 13.0 Å². The Morgan fingerprint density at radius 3 is 2.70 bits per heavy atom. The Kier molecular flexibility index (Phi) is 3.80. The van der Waals surface area contributed by atoms with Crippen LogP contribution in [0.5, 0.6) is 0 Å². The molecule has 110 valence electrons. The van der Waals surface area contributed by atoms with Crippen LogP contribution in [0.4, 0.5) is 0 Å². The summed E-state index contributed by atoms with van der Waals surface area (Å²) in [5.41, 5.74) is 4.10. The second-order valence-electron chi connectivity index (χ2n) is 7.34. The summed E-state index contributed by atoms with van der Waals surface area (Å²) in [5.74, 6) is 0.559. The molecular formula is C16H26N2OSi. The SMILES string of the molecule is C=CC[C@]12CC(C(=C)C)CC(=O)[C@@H]1NN=C2[Si](C)(C)C. The number of hydrazone groups is 1. The van der Waals surface area contributed by atoms with E-state index in [4.69, 9.17) is 0 Å². The zero-order valence-electron chi connectivity index (χ0n) is 13.1. The predicted octanol–water partition coefficient (Wildman–Crippen LogP) is 3.31. The normalized spacial score (nSPS) is 33.2. The molecule has 1 saturated carbocycles. The van der Waals surface area contributed by atoms with E-state index in [9.17, 15) is 4.79 Å². The maximum Gasteiger partial charge on any atom is 0.158 e. The first-order valence-corrected chi connectivity index (χ1v) is 10.9. The molecule has 3 atom stereocenters. The van der Waals surface area contributed by atoms with Gasteiger partial charge >= 0.3 is 0 Å². The molecule has 2 rings (SSSR count). The average molecular weight is 290 g/mol. The van der Waals surface area contributed by atoms with E-state index in [0.29, 0.717) is 6.42 Å². The Bertz CT molecular complexity index is 489. The van der Waals surface area contributed by atoms with Crippen LogP contribution in [-0.2, 0) is 4.79 Å². The highest BCUT2D eigenvalue weighted by Crippen LogP contribution is 2.48. The van der Waals surface area contributed by atoms with Gasteiger partial charge in [-0.15, -0.1) is 6.58 Å². The molecule has 1 unspecified atom stereocenters. The fraction of sp³-hybridized carbons (Fsp3) is 0.625. The molecule has 1 aliphatic carbocycles. The summed E-state index contributed by atoms with van der Waals surface area (Å²) in [5, 5.41) is 5.86. The maximum atomic E-state index is 12.5. The molecule has 0 bridgehead atoms. The summed E-state index contributed by atoms with van der Waals surface area (Å²) in [4.78, 5) is 12.5. The molecule has 0 aromatic rings. The van der Waals surface area contributed by atoms with Gasteiger partial charge in [-0.3, -0.25) is 10.2 Å².